The molecular formula is C17H20O4S. The van der Waals surface area contributed by atoms with Crippen LogP contribution in [-0.2, 0) is 10.1 Å². The summed E-state index contributed by atoms with van der Waals surface area (Å²) in [5.41, 5.74) is 0.878. The zero-order valence-electron chi connectivity index (χ0n) is 12.9. The van der Waals surface area contributed by atoms with Crippen LogP contribution in [0.4, 0.5) is 0 Å². The number of para-hydroxylation sites is 2. The standard InChI is InChI=1S/C17H20O4S/c1-4-13(2)14-9-5-6-10-15(14)21-22(18,19)17-12-8-7-11-16(17)20-3/h5-13H,4H2,1-3H3. The maximum absolute atomic E-state index is 12.5. The molecule has 0 N–H and O–H groups in total. The Hall–Kier alpha value is -2.01. The van der Waals surface area contributed by atoms with Crippen molar-refractivity contribution < 1.29 is 17.3 Å². The Bertz CT molecular complexity index is 738. The SMILES string of the molecule is CCC(C)c1ccccc1OS(=O)(=O)c1ccccc1OC. The highest BCUT2D eigenvalue weighted by Crippen LogP contribution is 2.32. The Morgan fingerprint density at radius 2 is 1.59 bits per heavy atom. The normalized spacial score (nSPS) is 12.7. The first kappa shape index (κ1) is 16.4. The molecule has 4 nitrogen and oxygen atoms in total. The third kappa shape index (κ3) is 3.42. The van der Waals surface area contributed by atoms with E-state index in [1.807, 2.05) is 19.1 Å². The third-order valence-corrected chi connectivity index (χ3v) is 4.88. The summed E-state index contributed by atoms with van der Waals surface area (Å²) in [7, 11) is -2.51. The summed E-state index contributed by atoms with van der Waals surface area (Å²) in [5.74, 6) is 0.843. The van der Waals surface area contributed by atoms with Gasteiger partial charge in [-0.15, -0.1) is 0 Å². The van der Waals surface area contributed by atoms with Gasteiger partial charge in [-0.25, -0.2) is 0 Å². The van der Waals surface area contributed by atoms with Crippen molar-refractivity contribution in [3.05, 3.63) is 54.1 Å². The van der Waals surface area contributed by atoms with Crippen LogP contribution in [0.25, 0.3) is 0 Å². The molecule has 118 valence electrons. The van der Waals surface area contributed by atoms with E-state index in [9.17, 15) is 8.42 Å². The van der Waals surface area contributed by atoms with E-state index >= 15 is 0 Å². The molecule has 0 aliphatic carbocycles. The van der Waals surface area contributed by atoms with Gasteiger partial charge in [-0.2, -0.15) is 8.42 Å². The van der Waals surface area contributed by atoms with Crippen LogP contribution in [0.2, 0.25) is 0 Å². The number of hydrogen-bond donors (Lipinski definition) is 0. The Morgan fingerprint density at radius 3 is 2.23 bits per heavy atom. The fourth-order valence-electron chi connectivity index (χ4n) is 2.17. The average molecular weight is 320 g/mol. The molecule has 1 unspecified atom stereocenters. The molecule has 0 spiro atoms. The van der Waals surface area contributed by atoms with E-state index < -0.39 is 10.1 Å². The van der Waals surface area contributed by atoms with Crippen LogP contribution in [0.1, 0.15) is 31.7 Å². The molecule has 0 amide bonds. The molecular weight excluding hydrogens is 300 g/mol. The van der Waals surface area contributed by atoms with Gasteiger partial charge in [0.15, 0.2) is 0 Å². The van der Waals surface area contributed by atoms with Crippen LogP contribution >= 0.6 is 0 Å². The molecule has 0 aromatic heterocycles. The second kappa shape index (κ2) is 6.83. The lowest BCUT2D eigenvalue weighted by atomic mass is 9.98. The number of benzene rings is 2. The van der Waals surface area contributed by atoms with Gasteiger partial charge in [0.25, 0.3) is 0 Å². The lowest BCUT2D eigenvalue weighted by molar-refractivity contribution is 0.398. The predicted molar refractivity (Wildman–Crippen MR) is 86.0 cm³/mol. The van der Waals surface area contributed by atoms with Gasteiger partial charge in [0, 0.05) is 0 Å². The summed E-state index contributed by atoms with van der Waals surface area (Å²) in [6, 6.07) is 13.6. The maximum atomic E-state index is 12.5. The van der Waals surface area contributed by atoms with Gasteiger partial charge < -0.3 is 8.92 Å². The topological polar surface area (TPSA) is 52.6 Å². The van der Waals surface area contributed by atoms with E-state index in [2.05, 4.69) is 6.92 Å². The minimum absolute atomic E-state index is 0.0245. The molecule has 2 aromatic carbocycles. The largest absolute Gasteiger partial charge is 0.495 e. The molecule has 0 fully saturated rings. The van der Waals surface area contributed by atoms with Gasteiger partial charge in [0.05, 0.1) is 7.11 Å². The minimum Gasteiger partial charge on any atom is -0.495 e. The average Bonchev–Trinajstić information content (AvgIpc) is 2.54. The number of ether oxygens (including phenoxy) is 1. The lowest BCUT2D eigenvalue weighted by Crippen LogP contribution is -2.12. The van der Waals surface area contributed by atoms with Crippen molar-refractivity contribution in [1.29, 1.82) is 0 Å². The van der Waals surface area contributed by atoms with Gasteiger partial charge in [-0.3, -0.25) is 0 Å². The van der Waals surface area contributed by atoms with Gasteiger partial charge >= 0.3 is 10.1 Å². The molecule has 0 aliphatic rings. The summed E-state index contributed by atoms with van der Waals surface area (Å²) >= 11 is 0. The molecule has 0 aliphatic heterocycles. The minimum atomic E-state index is -3.95. The predicted octanol–water partition coefficient (Wildman–Crippen LogP) is 3.98. The highest BCUT2D eigenvalue weighted by molar-refractivity contribution is 7.87. The summed E-state index contributed by atoms with van der Waals surface area (Å²) < 4.78 is 35.6. The number of rotatable bonds is 6. The quantitative estimate of drug-likeness (QED) is 0.756. The van der Waals surface area contributed by atoms with Crippen LogP contribution < -0.4 is 8.92 Å². The van der Waals surface area contributed by atoms with E-state index in [0.29, 0.717) is 5.75 Å². The molecule has 2 aromatic rings. The maximum Gasteiger partial charge on any atom is 0.342 e. The van der Waals surface area contributed by atoms with Crippen molar-refractivity contribution in [3.63, 3.8) is 0 Å². The summed E-state index contributed by atoms with van der Waals surface area (Å²) in [5, 5.41) is 0. The zero-order valence-corrected chi connectivity index (χ0v) is 13.8. The van der Waals surface area contributed by atoms with E-state index in [-0.39, 0.29) is 16.6 Å². The Labute approximate surface area is 131 Å². The number of methoxy groups -OCH3 is 1. The Balaban J connectivity index is 2.42. The van der Waals surface area contributed by atoms with Crippen LogP contribution in [0, 0.1) is 0 Å². The van der Waals surface area contributed by atoms with E-state index in [1.165, 1.54) is 13.2 Å². The lowest BCUT2D eigenvalue weighted by Gasteiger charge is -2.16. The van der Waals surface area contributed by atoms with E-state index in [1.54, 1.807) is 30.3 Å². The molecule has 0 radical (unpaired) electrons. The highest BCUT2D eigenvalue weighted by Gasteiger charge is 2.23. The molecule has 5 heteroatoms. The van der Waals surface area contributed by atoms with Crippen molar-refractivity contribution >= 4 is 10.1 Å². The zero-order chi connectivity index (χ0) is 16.2. The molecule has 0 bridgehead atoms. The molecule has 0 heterocycles. The van der Waals surface area contributed by atoms with Gasteiger partial charge in [0.2, 0.25) is 0 Å². The smallest absolute Gasteiger partial charge is 0.342 e. The van der Waals surface area contributed by atoms with Gasteiger partial charge in [-0.05, 0) is 36.1 Å². The fourth-order valence-corrected chi connectivity index (χ4v) is 3.29. The summed E-state index contributed by atoms with van der Waals surface area (Å²) in [6.07, 6.45) is 0.898. The fraction of sp³-hybridized carbons (Fsp3) is 0.294. The second-order valence-corrected chi connectivity index (χ2v) is 6.55. The Kier molecular flexibility index (Phi) is 5.08. The van der Waals surface area contributed by atoms with Crippen LogP contribution in [0.5, 0.6) is 11.5 Å². The molecule has 0 saturated heterocycles. The van der Waals surface area contributed by atoms with Crippen molar-refractivity contribution in [1.82, 2.24) is 0 Å². The number of hydrogen-bond acceptors (Lipinski definition) is 4. The monoisotopic (exact) mass is 320 g/mol. The van der Waals surface area contributed by atoms with E-state index in [4.69, 9.17) is 8.92 Å². The Morgan fingerprint density at radius 1 is 1.00 bits per heavy atom. The molecule has 2 rings (SSSR count). The van der Waals surface area contributed by atoms with Crippen LogP contribution in [0.3, 0.4) is 0 Å². The second-order valence-electron chi connectivity index (χ2n) is 5.04. The van der Waals surface area contributed by atoms with Gasteiger partial charge in [0.1, 0.15) is 16.4 Å². The third-order valence-electron chi connectivity index (χ3n) is 3.60. The first-order chi connectivity index (χ1) is 10.5. The van der Waals surface area contributed by atoms with E-state index in [0.717, 1.165) is 12.0 Å². The van der Waals surface area contributed by atoms with Gasteiger partial charge in [-0.1, -0.05) is 44.2 Å². The summed E-state index contributed by atoms with van der Waals surface area (Å²) in [4.78, 5) is 0.0245. The highest BCUT2D eigenvalue weighted by atomic mass is 32.2. The summed E-state index contributed by atoms with van der Waals surface area (Å²) in [6.45, 7) is 4.09. The van der Waals surface area contributed by atoms with Crippen molar-refractivity contribution in [3.8, 4) is 11.5 Å². The van der Waals surface area contributed by atoms with Crippen molar-refractivity contribution in [2.75, 3.05) is 7.11 Å². The first-order valence-corrected chi connectivity index (χ1v) is 8.56. The molecule has 22 heavy (non-hydrogen) atoms. The first-order valence-electron chi connectivity index (χ1n) is 7.16. The van der Waals surface area contributed by atoms with Crippen LogP contribution in [0.15, 0.2) is 53.4 Å². The molecule has 1 atom stereocenters. The molecule has 0 saturated carbocycles. The van der Waals surface area contributed by atoms with Crippen molar-refractivity contribution in [2.45, 2.75) is 31.1 Å². The van der Waals surface area contributed by atoms with Crippen LogP contribution in [-0.4, -0.2) is 15.5 Å². The van der Waals surface area contributed by atoms with Crippen molar-refractivity contribution in [2.24, 2.45) is 0 Å².